The number of hydrogen-bond acceptors (Lipinski definition) is 3. The van der Waals surface area contributed by atoms with Crippen LogP contribution in [0.1, 0.15) is 26.5 Å². The van der Waals surface area contributed by atoms with Gasteiger partial charge in [0.2, 0.25) is 0 Å². The van der Waals surface area contributed by atoms with Crippen LogP contribution in [0.15, 0.2) is 24.4 Å². The van der Waals surface area contributed by atoms with Crippen LogP contribution in [-0.2, 0) is 25.5 Å². The largest absolute Gasteiger partial charge is 0.498 e. The summed E-state index contributed by atoms with van der Waals surface area (Å²) in [4.78, 5) is 4.24. The molecule has 0 bridgehead atoms. The Morgan fingerprint density at radius 1 is 1.33 bits per heavy atom. The number of nitrogens with zero attached hydrogens (tertiary/aromatic N) is 3. The molecule has 0 saturated carbocycles. The van der Waals surface area contributed by atoms with Gasteiger partial charge in [-0.3, -0.25) is 5.10 Å². The summed E-state index contributed by atoms with van der Waals surface area (Å²) in [5, 5.41) is 4.47. The number of pyridine rings is 1. The van der Waals surface area contributed by atoms with Crippen LogP contribution in [0.4, 0.5) is 0 Å². The van der Waals surface area contributed by atoms with Crippen LogP contribution >= 0.6 is 0 Å². The first-order chi connectivity index (χ1) is 8.00. The summed E-state index contributed by atoms with van der Waals surface area (Å²) in [5.41, 5.74) is 1.00. The zero-order chi connectivity index (χ0) is 12.5. The van der Waals surface area contributed by atoms with Crippen molar-refractivity contribution in [2.24, 2.45) is 0 Å². The molecule has 2 aromatic heterocycles. The van der Waals surface area contributed by atoms with E-state index >= 15 is 0 Å². The maximum Gasteiger partial charge on any atom is 0.111 e. The van der Waals surface area contributed by atoms with Crippen molar-refractivity contribution < 1.29 is 24.8 Å². The van der Waals surface area contributed by atoms with Crippen LogP contribution in [0.25, 0.3) is 5.82 Å². The van der Waals surface area contributed by atoms with Gasteiger partial charge in [-0.2, -0.15) is 0 Å². The summed E-state index contributed by atoms with van der Waals surface area (Å²) in [6, 6.07) is 5.52. The van der Waals surface area contributed by atoms with Gasteiger partial charge in [-0.1, -0.05) is 27.0 Å². The van der Waals surface area contributed by atoms with Gasteiger partial charge < -0.3 is 14.4 Å². The molecule has 0 aromatic carbocycles. The van der Waals surface area contributed by atoms with Crippen molar-refractivity contribution in [3.05, 3.63) is 36.3 Å². The van der Waals surface area contributed by atoms with Crippen LogP contribution in [-0.4, -0.2) is 21.9 Å². The summed E-state index contributed by atoms with van der Waals surface area (Å²) >= 11 is 0. The van der Waals surface area contributed by atoms with Crippen LogP contribution in [0.5, 0.6) is 5.75 Å². The Kier molecular flexibility index (Phi) is 4.65. The van der Waals surface area contributed by atoms with E-state index < -0.39 is 0 Å². The van der Waals surface area contributed by atoms with Gasteiger partial charge in [0.05, 0.1) is 12.9 Å². The molecule has 2 aromatic rings. The summed E-state index contributed by atoms with van der Waals surface area (Å²) in [6.07, 6.45) is 4.76. The van der Waals surface area contributed by atoms with E-state index in [0.29, 0.717) is 5.82 Å². The standard InChI is InChI=1S/C13H16N3O.Ir/c1-13(2,3)11-6-8-16(15-11)12-9-10(17-4)5-7-14-12;/h5-7,9H,1-4H3;/q-1;. The Morgan fingerprint density at radius 3 is 2.61 bits per heavy atom. The van der Waals surface area contributed by atoms with E-state index in [1.54, 1.807) is 24.1 Å². The van der Waals surface area contributed by atoms with Gasteiger partial charge in [0.1, 0.15) is 5.75 Å². The SMILES string of the molecule is COc1ccnc(-n2[c-]cc(C(C)(C)C)n2)c1.[Ir]. The number of hydrogen-bond donors (Lipinski definition) is 0. The summed E-state index contributed by atoms with van der Waals surface area (Å²) in [6.45, 7) is 6.35. The van der Waals surface area contributed by atoms with Crippen molar-refractivity contribution in [2.75, 3.05) is 7.11 Å². The molecule has 0 aliphatic heterocycles. The Labute approximate surface area is 121 Å². The van der Waals surface area contributed by atoms with E-state index in [0.717, 1.165) is 11.4 Å². The number of ether oxygens (including phenoxy) is 1. The predicted octanol–water partition coefficient (Wildman–Crippen LogP) is 2.37. The first kappa shape index (κ1) is 14.9. The molecule has 5 heteroatoms. The zero-order valence-corrected chi connectivity index (χ0v) is 13.3. The molecule has 2 rings (SSSR count). The fraction of sp³-hybridized carbons (Fsp3) is 0.385. The van der Waals surface area contributed by atoms with Crippen LogP contribution in [0, 0.1) is 6.20 Å². The molecule has 18 heavy (non-hydrogen) atoms. The molecular weight excluding hydrogens is 406 g/mol. The van der Waals surface area contributed by atoms with E-state index in [-0.39, 0.29) is 25.5 Å². The van der Waals surface area contributed by atoms with Crippen molar-refractivity contribution in [2.45, 2.75) is 26.2 Å². The van der Waals surface area contributed by atoms with Gasteiger partial charge in [-0.15, -0.1) is 6.07 Å². The van der Waals surface area contributed by atoms with Crippen LogP contribution in [0.2, 0.25) is 0 Å². The minimum absolute atomic E-state index is 0. The number of rotatable bonds is 2. The second-order valence-electron chi connectivity index (χ2n) is 4.87. The maximum atomic E-state index is 5.16. The molecule has 4 nitrogen and oxygen atoms in total. The van der Waals surface area contributed by atoms with E-state index in [1.165, 1.54) is 0 Å². The van der Waals surface area contributed by atoms with E-state index in [2.05, 4.69) is 37.1 Å². The molecule has 0 amide bonds. The van der Waals surface area contributed by atoms with Crippen molar-refractivity contribution in [3.63, 3.8) is 0 Å². The third-order valence-electron chi connectivity index (χ3n) is 2.47. The molecule has 99 valence electrons. The van der Waals surface area contributed by atoms with Crippen molar-refractivity contribution in [3.8, 4) is 11.6 Å². The molecule has 0 atom stereocenters. The van der Waals surface area contributed by atoms with Gasteiger partial charge >= 0.3 is 0 Å². The van der Waals surface area contributed by atoms with E-state index in [1.807, 2.05) is 12.1 Å². The van der Waals surface area contributed by atoms with Crippen molar-refractivity contribution in [1.82, 2.24) is 14.8 Å². The van der Waals surface area contributed by atoms with Gasteiger partial charge in [-0.05, 0) is 23.2 Å². The second-order valence-corrected chi connectivity index (χ2v) is 4.87. The molecule has 0 N–H and O–H groups in total. The topological polar surface area (TPSA) is 39.9 Å². The average molecular weight is 423 g/mol. The van der Waals surface area contributed by atoms with Gasteiger partial charge in [-0.25, -0.2) is 0 Å². The molecule has 0 aliphatic rings. The summed E-state index contributed by atoms with van der Waals surface area (Å²) < 4.78 is 6.80. The van der Waals surface area contributed by atoms with Crippen LogP contribution < -0.4 is 4.74 Å². The molecule has 0 aliphatic carbocycles. The van der Waals surface area contributed by atoms with Crippen molar-refractivity contribution >= 4 is 0 Å². The average Bonchev–Trinajstić information content (AvgIpc) is 2.78. The molecule has 2 heterocycles. The van der Waals surface area contributed by atoms with Crippen molar-refractivity contribution in [1.29, 1.82) is 0 Å². The fourth-order valence-corrected chi connectivity index (χ4v) is 1.41. The molecule has 0 saturated heterocycles. The summed E-state index contributed by atoms with van der Waals surface area (Å²) in [7, 11) is 1.63. The molecule has 0 spiro atoms. The second kappa shape index (κ2) is 5.63. The molecule has 0 fully saturated rings. The third-order valence-corrected chi connectivity index (χ3v) is 2.47. The minimum Gasteiger partial charge on any atom is -0.498 e. The molecular formula is C13H16IrN3O-. The minimum atomic E-state index is 0. The molecule has 0 unspecified atom stereocenters. The quantitative estimate of drug-likeness (QED) is 0.698. The van der Waals surface area contributed by atoms with Crippen LogP contribution in [0.3, 0.4) is 0 Å². The first-order valence-electron chi connectivity index (χ1n) is 5.49. The molecule has 1 radical (unpaired) electrons. The van der Waals surface area contributed by atoms with E-state index in [4.69, 9.17) is 4.74 Å². The predicted molar refractivity (Wildman–Crippen MR) is 65.4 cm³/mol. The monoisotopic (exact) mass is 423 g/mol. The summed E-state index contributed by atoms with van der Waals surface area (Å²) in [5.74, 6) is 1.47. The zero-order valence-electron chi connectivity index (χ0n) is 10.9. The Balaban J connectivity index is 0.00000162. The Bertz CT molecular complexity index is 517. The Hall–Kier alpha value is -1.19. The first-order valence-corrected chi connectivity index (χ1v) is 5.49. The van der Waals surface area contributed by atoms with E-state index in [9.17, 15) is 0 Å². The number of aromatic nitrogens is 3. The normalized spacial score (nSPS) is 10.9. The third kappa shape index (κ3) is 3.18. The smallest absolute Gasteiger partial charge is 0.111 e. The van der Waals surface area contributed by atoms with Gasteiger partial charge in [0, 0.05) is 26.3 Å². The maximum absolute atomic E-state index is 5.16. The van der Waals surface area contributed by atoms with Gasteiger partial charge in [0.15, 0.2) is 0 Å². The van der Waals surface area contributed by atoms with Gasteiger partial charge in [0.25, 0.3) is 0 Å². The Morgan fingerprint density at radius 2 is 2.06 bits per heavy atom. The number of methoxy groups -OCH3 is 1. The fourth-order valence-electron chi connectivity index (χ4n) is 1.41.